The monoisotopic (exact) mass is 245 g/mol. The molecule has 0 aromatic carbocycles. The van der Waals surface area contributed by atoms with Crippen LogP contribution in [-0.4, -0.2) is 22.1 Å². The van der Waals surface area contributed by atoms with Gasteiger partial charge in [0.15, 0.2) is 0 Å². The van der Waals surface area contributed by atoms with Gasteiger partial charge in [0.05, 0.1) is 5.56 Å². The van der Waals surface area contributed by atoms with Gasteiger partial charge in [0.1, 0.15) is 17.9 Å². The highest BCUT2D eigenvalue weighted by Gasteiger charge is 2.36. The summed E-state index contributed by atoms with van der Waals surface area (Å²) in [7, 11) is 0. The molecule has 1 atom stereocenters. The molecule has 1 aromatic heterocycles. The number of anilines is 1. The number of aryl methyl sites for hydroxylation is 2. The van der Waals surface area contributed by atoms with E-state index in [4.69, 9.17) is 5.26 Å². The van der Waals surface area contributed by atoms with Crippen LogP contribution in [0.15, 0.2) is 6.07 Å². The normalized spacial score (nSPS) is 15.8. The van der Waals surface area contributed by atoms with Crippen molar-refractivity contribution in [2.75, 3.05) is 5.32 Å². The average molecular weight is 245 g/mol. The van der Waals surface area contributed by atoms with Crippen molar-refractivity contribution < 1.29 is 9.90 Å². The van der Waals surface area contributed by atoms with E-state index in [0.29, 0.717) is 11.4 Å². The molecular weight excluding hydrogens is 230 g/mol. The first-order chi connectivity index (χ1) is 8.52. The van der Waals surface area contributed by atoms with E-state index in [-0.39, 0.29) is 5.92 Å². The molecular formula is C13H15N3O2. The maximum Gasteiger partial charge on any atom is 0.326 e. The quantitative estimate of drug-likeness (QED) is 0.845. The molecule has 94 valence electrons. The second-order valence-corrected chi connectivity index (χ2v) is 4.71. The minimum absolute atomic E-state index is 0.150. The summed E-state index contributed by atoms with van der Waals surface area (Å²) in [5, 5.41) is 21.2. The van der Waals surface area contributed by atoms with Gasteiger partial charge in [-0.1, -0.05) is 0 Å². The van der Waals surface area contributed by atoms with Gasteiger partial charge in [-0.2, -0.15) is 5.26 Å². The Bertz CT molecular complexity index is 530. The van der Waals surface area contributed by atoms with Gasteiger partial charge < -0.3 is 10.4 Å². The second-order valence-electron chi connectivity index (χ2n) is 4.71. The van der Waals surface area contributed by atoms with Crippen LogP contribution < -0.4 is 5.32 Å². The van der Waals surface area contributed by atoms with Crippen molar-refractivity contribution in [3.8, 4) is 6.07 Å². The summed E-state index contributed by atoms with van der Waals surface area (Å²) in [6.45, 7) is 3.65. The van der Waals surface area contributed by atoms with E-state index in [9.17, 15) is 9.90 Å². The highest BCUT2D eigenvalue weighted by molar-refractivity contribution is 5.78. The summed E-state index contributed by atoms with van der Waals surface area (Å²) < 4.78 is 0. The van der Waals surface area contributed by atoms with Gasteiger partial charge in [0.25, 0.3) is 0 Å². The molecule has 5 heteroatoms. The fraction of sp³-hybridized carbons (Fsp3) is 0.462. The molecule has 0 amide bonds. The fourth-order valence-corrected chi connectivity index (χ4v) is 2.04. The van der Waals surface area contributed by atoms with Crippen LogP contribution in [0.5, 0.6) is 0 Å². The Labute approximate surface area is 105 Å². The zero-order chi connectivity index (χ0) is 13.3. The van der Waals surface area contributed by atoms with Crippen molar-refractivity contribution in [3.05, 3.63) is 22.9 Å². The molecule has 18 heavy (non-hydrogen) atoms. The molecule has 0 spiro atoms. The van der Waals surface area contributed by atoms with Crippen molar-refractivity contribution in [1.29, 1.82) is 5.26 Å². The molecule has 1 unspecified atom stereocenters. The number of carbonyl (C=O) groups is 1. The van der Waals surface area contributed by atoms with Crippen LogP contribution in [0.4, 0.5) is 5.82 Å². The number of hydrogen-bond donors (Lipinski definition) is 2. The summed E-state index contributed by atoms with van der Waals surface area (Å²) in [6, 6.07) is 3.25. The number of nitrogens with one attached hydrogen (secondary N) is 1. The Morgan fingerprint density at radius 1 is 1.61 bits per heavy atom. The van der Waals surface area contributed by atoms with Crippen LogP contribution in [0.25, 0.3) is 0 Å². The van der Waals surface area contributed by atoms with Gasteiger partial charge >= 0.3 is 5.97 Å². The molecule has 2 N–H and O–H groups in total. The molecule has 1 aliphatic carbocycles. The van der Waals surface area contributed by atoms with Crippen LogP contribution in [0.2, 0.25) is 0 Å². The molecule has 1 fully saturated rings. The smallest absolute Gasteiger partial charge is 0.326 e. The number of carboxylic acids is 1. The molecule has 2 rings (SSSR count). The van der Waals surface area contributed by atoms with E-state index in [0.717, 1.165) is 24.1 Å². The Hall–Kier alpha value is -2.09. The molecule has 1 aromatic rings. The van der Waals surface area contributed by atoms with Gasteiger partial charge in [-0.15, -0.1) is 0 Å². The Balaban J connectivity index is 2.32. The molecule has 5 nitrogen and oxygen atoms in total. The maximum atomic E-state index is 11.2. The van der Waals surface area contributed by atoms with Crippen LogP contribution in [0, 0.1) is 31.1 Å². The van der Waals surface area contributed by atoms with Gasteiger partial charge in [-0.3, -0.25) is 0 Å². The third kappa shape index (κ3) is 2.43. The minimum Gasteiger partial charge on any atom is -0.480 e. The standard InChI is InChI=1S/C13H15N3O2/c1-7-5-8(2)15-12(10(7)6-14)16-11(13(17)18)9-3-4-9/h5,9,11H,3-4H2,1-2H3,(H,15,16)(H,17,18). The first-order valence-electron chi connectivity index (χ1n) is 5.90. The van der Waals surface area contributed by atoms with Gasteiger partial charge in [0.2, 0.25) is 0 Å². The summed E-state index contributed by atoms with van der Waals surface area (Å²) in [5.41, 5.74) is 2.01. The number of nitrogens with zero attached hydrogens (tertiary/aromatic N) is 2. The van der Waals surface area contributed by atoms with Crippen LogP contribution in [0.1, 0.15) is 29.7 Å². The predicted octanol–water partition coefficient (Wildman–Crippen LogP) is 1.85. The number of aliphatic carboxylic acids is 1. The summed E-state index contributed by atoms with van der Waals surface area (Å²) in [6.07, 6.45) is 1.83. The van der Waals surface area contributed by atoms with Crippen LogP contribution in [0.3, 0.4) is 0 Å². The van der Waals surface area contributed by atoms with E-state index in [1.165, 1.54) is 0 Å². The lowest BCUT2D eigenvalue weighted by Crippen LogP contribution is -2.32. The highest BCUT2D eigenvalue weighted by atomic mass is 16.4. The van der Waals surface area contributed by atoms with Gasteiger partial charge in [-0.05, 0) is 44.2 Å². The third-order valence-electron chi connectivity index (χ3n) is 3.11. The van der Waals surface area contributed by atoms with E-state index in [1.54, 1.807) is 0 Å². The summed E-state index contributed by atoms with van der Waals surface area (Å²) in [5.74, 6) is -0.353. The summed E-state index contributed by atoms with van der Waals surface area (Å²) >= 11 is 0. The van der Waals surface area contributed by atoms with Crippen molar-refractivity contribution in [3.63, 3.8) is 0 Å². The third-order valence-corrected chi connectivity index (χ3v) is 3.11. The molecule has 0 aliphatic heterocycles. The first-order valence-corrected chi connectivity index (χ1v) is 5.90. The topological polar surface area (TPSA) is 86.0 Å². The Kier molecular flexibility index (Phi) is 3.19. The highest BCUT2D eigenvalue weighted by Crippen LogP contribution is 2.34. The minimum atomic E-state index is -0.887. The van der Waals surface area contributed by atoms with Crippen molar-refractivity contribution in [2.45, 2.75) is 32.7 Å². The molecule has 0 saturated heterocycles. The Morgan fingerprint density at radius 2 is 2.28 bits per heavy atom. The number of aromatic nitrogens is 1. The number of hydrogen-bond acceptors (Lipinski definition) is 4. The molecule has 0 bridgehead atoms. The van der Waals surface area contributed by atoms with E-state index < -0.39 is 12.0 Å². The SMILES string of the molecule is Cc1cc(C)c(C#N)c(NC(C(=O)O)C2CC2)n1. The zero-order valence-corrected chi connectivity index (χ0v) is 10.4. The number of pyridine rings is 1. The van der Waals surface area contributed by atoms with Gasteiger partial charge in [0, 0.05) is 5.69 Å². The van der Waals surface area contributed by atoms with Crippen molar-refractivity contribution in [2.24, 2.45) is 5.92 Å². The average Bonchev–Trinajstić information content (AvgIpc) is 3.08. The zero-order valence-electron chi connectivity index (χ0n) is 10.4. The predicted molar refractivity (Wildman–Crippen MR) is 66.2 cm³/mol. The summed E-state index contributed by atoms with van der Waals surface area (Å²) in [4.78, 5) is 15.4. The van der Waals surface area contributed by atoms with E-state index in [1.807, 2.05) is 19.9 Å². The van der Waals surface area contributed by atoms with Crippen LogP contribution in [-0.2, 0) is 4.79 Å². The maximum absolute atomic E-state index is 11.2. The van der Waals surface area contributed by atoms with Gasteiger partial charge in [-0.25, -0.2) is 9.78 Å². The van der Waals surface area contributed by atoms with Crippen LogP contribution >= 0.6 is 0 Å². The lowest BCUT2D eigenvalue weighted by Gasteiger charge is -2.16. The van der Waals surface area contributed by atoms with Crippen molar-refractivity contribution in [1.82, 2.24) is 4.98 Å². The largest absolute Gasteiger partial charge is 0.480 e. The first kappa shape index (κ1) is 12.4. The fourth-order valence-electron chi connectivity index (χ4n) is 2.04. The van der Waals surface area contributed by atoms with Crippen molar-refractivity contribution >= 4 is 11.8 Å². The molecule has 0 radical (unpaired) electrons. The molecule has 1 saturated carbocycles. The Morgan fingerprint density at radius 3 is 2.78 bits per heavy atom. The lowest BCUT2D eigenvalue weighted by molar-refractivity contribution is -0.138. The number of rotatable bonds is 4. The molecule has 1 heterocycles. The second kappa shape index (κ2) is 4.65. The van der Waals surface area contributed by atoms with E-state index in [2.05, 4.69) is 16.4 Å². The lowest BCUT2D eigenvalue weighted by atomic mass is 10.1. The number of nitriles is 1. The molecule has 1 aliphatic rings. The van der Waals surface area contributed by atoms with E-state index >= 15 is 0 Å². The number of carboxylic acid groups (broad SMARTS) is 1.